The molecule has 0 amide bonds. The van der Waals surface area contributed by atoms with Gasteiger partial charge in [-0.15, -0.1) is 0 Å². The Morgan fingerprint density at radius 2 is 1.76 bits per heavy atom. The lowest BCUT2D eigenvalue weighted by molar-refractivity contribution is 0.374. The van der Waals surface area contributed by atoms with Gasteiger partial charge in [0.15, 0.2) is 0 Å². The van der Waals surface area contributed by atoms with Crippen LogP contribution in [-0.4, -0.2) is 25.7 Å². The minimum atomic E-state index is -4.50. The number of phenols is 1. The van der Waals surface area contributed by atoms with Gasteiger partial charge < -0.3 is 20.0 Å². The van der Waals surface area contributed by atoms with Crippen molar-refractivity contribution in [2.45, 2.75) is 12.8 Å². The van der Waals surface area contributed by atoms with Gasteiger partial charge >= 0.3 is 7.75 Å². The minimum absolute atomic E-state index is 0.0513. The van der Waals surface area contributed by atoms with E-state index in [-0.39, 0.29) is 23.1 Å². The van der Waals surface area contributed by atoms with E-state index in [1.807, 2.05) is 0 Å². The number of hydrogen-bond donors (Lipinski definition) is 4. The molecule has 1 aliphatic carbocycles. The van der Waals surface area contributed by atoms with Crippen molar-refractivity contribution in [2.24, 2.45) is 10.7 Å². The van der Waals surface area contributed by atoms with Crippen molar-refractivity contribution >= 4 is 13.5 Å². The molecular formula is C14H16NO5P. The fraction of sp³-hybridized carbons (Fsp3) is 0.214. The second-order valence-electron chi connectivity index (χ2n) is 4.77. The predicted octanol–water partition coefficient (Wildman–Crippen LogP) is 2.49. The van der Waals surface area contributed by atoms with E-state index in [1.54, 1.807) is 24.3 Å². The Morgan fingerprint density at radius 1 is 1.10 bits per heavy atom. The Kier molecular flexibility index (Phi) is 4.63. The van der Waals surface area contributed by atoms with Crippen LogP contribution in [0.25, 0.3) is 0 Å². The van der Waals surface area contributed by atoms with Crippen LogP contribution in [0.5, 0.6) is 5.75 Å². The van der Waals surface area contributed by atoms with Crippen LogP contribution in [0.4, 0.5) is 0 Å². The van der Waals surface area contributed by atoms with Crippen molar-refractivity contribution in [1.29, 1.82) is 0 Å². The zero-order chi connectivity index (χ0) is 15.5. The maximum atomic E-state index is 11.0. The Morgan fingerprint density at radius 3 is 2.38 bits per heavy atom. The van der Waals surface area contributed by atoms with E-state index in [9.17, 15) is 14.8 Å². The van der Waals surface area contributed by atoms with Gasteiger partial charge in [-0.2, -0.15) is 4.76 Å². The average molecular weight is 309 g/mol. The van der Waals surface area contributed by atoms with E-state index >= 15 is 0 Å². The molecule has 0 aliphatic heterocycles. The summed E-state index contributed by atoms with van der Waals surface area (Å²) in [5.41, 5.74) is 1.23. The topological polar surface area (TPSA) is 110 Å². The molecule has 21 heavy (non-hydrogen) atoms. The Labute approximate surface area is 122 Å². The molecule has 0 radical (unpaired) electrons. The quantitative estimate of drug-likeness (QED) is 0.639. The summed E-state index contributed by atoms with van der Waals surface area (Å²) >= 11 is 0. The van der Waals surface area contributed by atoms with Gasteiger partial charge in [-0.3, -0.25) is 0 Å². The van der Waals surface area contributed by atoms with Gasteiger partial charge in [-0.25, -0.2) is 4.57 Å². The van der Waals surface area contributed by atoms with E-state index in [4.69, 9.17) is 9.79 Å². The molecule has 1 aromatic rings. The van der Waals surface area contributed by atoms with Crippen LogP contribution in [-0.2, 0) is 11.0 Å². The number of aryl methyl sites for hydroxylation is 1. The van der Waals surface area contributed by atoms with Gasteiger partial charge in [0.2, 0.25) is 0 Å². The molecule has 0 saturated carbocycles. The lowest BCUT2D eigenvalue weighted by atomic mass is 9.91. The highest BCUT2D eigenvalue weighted by Crippen LogP contribution is 2.38. The zero-order valence-electron chi connectivity index (χ0n) is 11.1. The maximum absolute atomic E-state index is 11.0. The summed E-state index contributed by atoms with van der Waals surface area (Å²) in [6, 6.07) is 6.71. The molecule has 4 N–H and O–H groups in total. The van der Waals surface area contributed by atoms with Crippen LogP contribution >= 0.6 is 7.75 Å². The van der Waals surface area contributed by atoms with Gasteiger partial charge in [0.05, 0.1) is 5.71 Å². The summed E-state index contributed by atoms with van der Waals surface area (Å²) in [4.78, 5) is 17.9. The number of aromatic hydroxyl groups is 1. The molecule has 0 bridgehead atoms. The first-order valence-corrected chi connectivity index (χ1v) is 7.92. The number of hydrogen-bond acceptors (Lipinski definition) is 3. The second-order valence-corrected chi connectivity index (χ2v) is 6.00. The van der Waals surface area contributed by atoms with Crippen molar-refractivity contribution < 1.29 is 24.6 Å². The fourth-order valence-electron chi connectivity index (χ4n) is 2.12. The van der Waals surface area contributed by atoms with Gasteiger partial charge in [-0.05, 0) is 48.8 Å². The van der Waals surface area contributed by atoms with Gasteiger partial charge in [-0.1, -0.05) is 12.1 Å². The summed E-state index contributed by atoms with van der Waals surface area (Å²) in [6.07, 6.45) is 5.46. The normalized spacial score (nSPS) is 20.6. The number of aliphatic hydroxyl groups is 1. The largest absolute Gasteiger partial charge is 0.508 e. The highest BCUT2D eigenvalue weighted by Gasteiger charge is 2.20. The second kappa shape index (κ2) is 6.26. The number of nitrogens with zero attached hydrogens (tertiary/aromatic N) is 1. The van der Waals surface area contributed by atoms with Crippen molar-refractivity contribution in [2.75, 3.05) is 0 Å². The van der Waals surface area contributed by atoms with Crippen molar-refractivity contribution in [1.82, 2.24) is 0 Å². The molecule has 1 aliphatic rings. The summed E-state index contributed by atoms with van der Waals surface area (Å²) in [5, 5.41) is 18.7. The van der Waals surface area contributed by atoms with Crippen molar-refractivity contribution in [3.8, 4) is 5.75 Å². The third kappa shape index (κ3) is 4.86. The van der Waals surface area contributed by atoms with Crippen LogP contribution in [0.1, 0.15) is 12.0 Å². The highest BCUT2D eigenvalue weighted by atomic mass is 31.2. The smallest absolute Gasteiger partial charge is 0.448 e. The number of rotatable bonds is 4. The molecule has 112 valence electrons. The van der Waals surface area contributed by atoms with Crippen LogP contribution in [0.15, 0.2) is 53.0 Å². The number of benzene rings is 1. The maximum Gasteiger partial charge on any atom is 0.448 e. The molecule has 0 spiro atoms. The van der Waals surface area contributed by atoms with E-state index in [0.29, 0.717) is 12.8 Å². The van der Waals surface area contributed by atoms with Crippen molar-refractivity contribution in [3.63, 3.8) is 0 Å². The zero-order valence-corrected chi connectivity index (χ0v) is 12.0. The molecule has 2 rings (SSSR count). The van der Waals surface area contributed by atoms with Crippen LogP contribution in [0.3, 0.4) is 0 Å². The van der Waals surface area contributed by atoms with Crippen molar-refractivity contribution in [3.05, 3.63) is 53.8 Å². The summed E-state index contributed by atoms with van der Waals surface area (Å²) < 4.78 is 14.4. The molecule has 0 saturated heterocycles. The van der Waals surface area contributed by atoms with Crippen LogP contribution in [0, 0.1) is 5.92 Å². The lowest BCUT2D eigenvalue weighted by Crippen LogP contribution is -2.15. The first-order valence-electron chi connectivity index (χ1n) is 6.36. The van der Waals surface area contributed by atoms with Gasteiger partial charge in [0.1, 0.15) is 11.5 Å². The third-order valence-corrected chi connectivity index (χ3v) is 3.59. The number of aliphatic hydroxyl groups excluding tert-OH is 1. The van der Waals surface area contributed by atoms with E-state index in [2.05, 4.69) is 4.76 Å². The molecule has 1 unspecified atom stereocenters. The number of phenolic OH excluding ortho intramolecular Hbond substituents is 1. The molecule has 1 aromatic carbocycles. The molecule has 0 heterocycles. The summed E-state index contributed by atoms with van der Waals surface area (Å²) in [6.45, 7) is 0. The Bertz CT molecular complexity index is 642. The number of allylic oxidation sites excluding steroid dienone is 3. The first-order chi connectivity index (χ1) is 9.83. The fourth-order valence-corrected chi connectivity index (χ4v) is 2.63. The Hall–Kier alpha value is -1.88. The Balaban J connectivity index is 2.12. The summed E-state index contributed by atoms with van der Waals surface area (Å²) in [7, 11) is -4.50. The first kappa shape index (κ1) is 15.5. The minimum Gasteiger partial charge on any atom is -0.508 e. The SMILES string of the molecule is O=P(O)(O)/N=C1\C=CC(O)=CC1CCc1ccc(O)cc1. The molecule has 0 aromatic heterocycles. The predicted molar refractivity (Wildman–Crippen MR) is 79.2 cm³/mol. The monoisotopic (exact) mass is 309 g/mol. The third-order valence-electron chi connectivity index (χ3n) is 3.10. The summed E-state index contributed by atoms with van der Waals surface area (Å²) in [5.74, 6) is -0.132. The average Bonchev–Trinajstić information content (AvgIpc) is 2.39. The standard InChI is InChI=1S/C14H16NO5P/c16-12-5-2-10(3-6-12)1-4-11-9-13(17)7-8-14(11)15-21(18,19)20/h2-3,5-9,11,16-17H,1,4H2,(H2,18,19,20)/b15-14+. The van der Waals surface area contributed by atoms with Gasteiger partial charge in [0.25, 0.3) is 0 Å². The highest BCUT2D eigenvalue weighted by molar-refractivity contribution is 7.50. The van der Waals surface area contributed by atoms with E-state index < -0.39 is 7.75 Å². The molecular weight excluding hydrogens is 293 g/mol. The van der Waals surface area contributed by atoms with E-state index in [1.165, 1.54) is 18.2 Å². The molecule has 1 atom stereocenters. The van der Waals surface area contributed by atoms with Crippen LogP contribution < -0.4 is 0 Å². The molecule has 0 fully saturated rings. The van der Waals surface area contributed by atoms with Crippen LogP contribution in [0.2, 0.25) is 0 Å². The lowest BCUT2D eigenvalue weighted by Gasteiger charge is -2.17. The van der Waals surface area contributed by atoms with Gasteiger partial charge in [0, 0.05) is 5.92 Å². The van der Waals surface area contributed by atoms with E-state index in [0.717, 1.165) is 5.56 Å². The molecule has 6 nitrogen and oxygen atoms in total. The molecule has 7 heteroatoms.